The molecule has 1 aliphatic heterocycles. The second kappa shape index (κ2) is 3.48. The molecule has 1 heteroatoms. The summed E-state index contributed by atoms with van der Waals surface area (Å²) in [4.78, 5) is 0. The Morgan fingerprint density at radius 1 is 1.07 bits per heavy atom. The molecule has 1 saturated carbocycles. The van der Waals surface area contributed by atoms with Gasteiger partial charge in [-0.05, 0) is 56.3 Å². The molecule has 1 saturated heterocycles. The minimum Gasteiger partial charge on any atom is -0.375 e. The molecule has 0 spiro atoms. The van der Waals surface area contributed by atoms with Crippen molar-refractivity contribution in [2.24, 2.45) is 23.2 Å². The van der Waals surface area contributed by atoms with Gasteiger partial charge < -0.3 is 4.74 Å². The summed E-state index contributed by atoms with van der Waals surface area (Å²) in [6.07, 6.45) is 4.08. The number of rotatable bonds is 1. The van der Waals surface area contributed by atoms with Crippen LogP contribution in [0, 0.1) is 23.2 Å². The Bertz CT molecular complexity index is 242. The zero-order valence-corrected chi connectivity index (χ0v) is 11.0. The molecule has 0 bridgehead atoms. The lowest BCUT2D eigenvalue weighted by Gasteiger charge is -2.35. The van der Waals surface area contributed by atoms with Crippen LogP contribution in [0.15, 0.2) is 0 Å². The van der Waals surface area contributed by atoms with Crippen LogP contribution in [0.1, 0.15) is 53.9 Å². The van der Waals surface area contributed by atoms with Crippen molar-refractivity contribution in [3.8, 4) is 0 Å². The van der Waals surface area contributed by atoms with E-state index in [1.807, 2.05) is 0 Å². The standard InChI is InChI=1S/C14H26O/c1-10-6-7-12(14(10,4)5)11-8-13(2,3)15-9-11/h10-12H,6-9H2,1-5H3. The van der Waals surface area contributed by atoms with Crippen LogP contribution in [0.2, 0.25) is 0 Å². The first-order valence-electron chi connectivity index (χ1n) is 6.47. The van der Waals surface area contributed by atoms with E-state index >= 15 is 0 Å². The highest BCUT2D eigenvalue weighted by atomic mass is 16.5. The third-order valence-electron chi connectivity index (χ3n) is 5.15. The lowest BCUT2D eigenvalue weighted by atomic mass is 9.69. The molecule has 1 aliphatic carbocycles. The van der Waals surface area contributed by atoms with Gasteiger partial charge in [-0.25, -0.2) is 0 Å². The molecule has 2 rings (SSSR count). The normalized spacial score (nSPS) is 43.4. The third-order valence-corrected chi connectivity index (χ3v) is 5.15. The molecule has 3 unspecified atom stereocenters. The molecule has 0 aromatic rings. The first-order valence-corrected chi connectivity index (χ1v) is 6.47. The number of ether oxygens (including phenoxy) is 1. The van der Waals surface area contributed by atoms with Gasteiger partial charge in [-0.15, -0.1) is 0 Å². The van der Waals surface area contributed by atoms with Crippen LogP contribution in [0.5, 0.6) is 0 Å². The Morgan fingerprint density at radius 2 is 1.73 bits per heavy atom. The minimum absolute atomic E-state index is 0.132. The summed E-state index contributed by atoms with van der Waals surface area (Å²) in [6.45, 7) is 12.8. The summed E-state index contributed by atoms with van der Waals surface area (Å²) in [5, 5.41) is 0. The Hall–Kier alpha value is -0.0400. The van der Waals surface area contributed by atoms with E-state index in [0.717, 1.165) is 24.4 Å². The van der Waals surface area contributed by atoms with Crippen LogP contribution in [0.25, 0.3) is 0 Å². The molecule has 1 nitrogen and oxygen atoms in total. The van der Waals surface area contributed by atoms with Crippen molar-refractivity contribution in [2.45, 2.75) is 59.5 Å². The highest BCUT2D eigenvalue weighted by molar-refractivity contribution is 4.96. The van der Waals surface area contributed by atoms with Gasteiger partial charge in [0.1, 0.15) is 0 Å². The van der Waals surface area contributed by atoms with Crippen LogP contribution >= 0.6 is 0 Å². The maximum absolute atomic E-state index is 5.89. The van der Waals surface area contributed by atoms with E-state index in [9.17, 15) is 0 Å². The molecule has 0 N–H and O–H groups in total. The van der Waals surface area contributed by atoms with Gasteiger partial charge in [0, 0.05) is 0 Å². The highest BCUT2D eigenvalue weighted by Gasteiger charge is 2.47. The molecule has 2 fully saturated rings. The van der Waals surface area contributed by atoms with E-state index in [-0.39, 0.29) is 5.60 Å². The fourth-order valence-corrected chi connectivity index (χ4v) is 3.72. The van der Waals surface area contributed by atoms with Gasteiger partial charge in [0.15, 0.2) is 0 Å². The number of hydrogen-bond donors (Lipinski definition) is 0. The minimum atomic E-state index is 0.132. The molecule has 0 radical (unpaired) electrons. The van der Waals surface area contributed by atoms with E-state index in [1.54, 1.807) is 0 Å². The molecule has 0 aromatic carbocycles. The maximum Gasteiger partial charge on any atom is 0.0630 e. The zero-order chi connectivity index (χ0) is 11.3. The molecular formula is C14H26O. The fourth-order valence-electron chi connectivity index (χ4n) is 3.72. The lowest BCUT2D eigenvalue weighted by molar-refractivity contribution is 0.0313. The monoisotopic (exact) mass is 210 g/mol. The predicted octanol–water partition coefficient (Wildman–Crippen LogP) is 3.87. The predicted molar refractivity (Wildman–Crippen MR) is 63.8 cm³/mol. The summed E-state index contributed by atoms with van der Waals surface area (Å²) < 4.78 is 5.89. The average molecular weight is 210 g/mol. The molecule has 15 heavy (non-hydrogen) atoms. The smallest absolute Gasteiger partial charge is 0.0630 e. The van der Waals surface area contributed by atoms with Crippen LogP contribution in [-0.4, -0.2) is 12.2 Å². The first kappa shape index (κ1) is 11.4. The van der Waals surface area contributed by atoms with Crippen LogP contribution in [-0.2, 0) is 4.74 Å². The summed E-state index contributed by atoms with van der Waals surface area (Å²) in [5.74, 6) is 2.57. The molecule has 1 heterocycles. The Balaban J connectivity index is 2.07. The molecular weight excluding hydrogens is 184 g/mol. The number of hydrogen-bond acceptors (Lipinski definition) is 1. The van der Waals surface area contributed by atoms with Crippen molar-refractivity contribution in [1.29, 1.82) is 0 Å². The van der Waals surface area contributed by atoms with Crippen molar-refractivity contribution in [2.75, 3.05) is 6.61 Å². The van der Waals surface area contributed by atoms with Crippen molar-refractivity contribution in [3.63, 3.8) is 0 Å². The molecule has 0 aromatic heterocycles. The SMILES string of the molecule is CC1CCC(C2COC(C)(C)C2)C1(C)C. The Morgan fingerprint density at radius 3 is 2.13 bits per heavy atom. The van der Waals surface area contributed by atoms with Crippen molar-refractivity contribution in [3.05, 3.63) is 0 Å². The van der Waals surface area contributed by atoms with Gasteiger partial charge in [0.25, 0.3) is 0 Å². The molecule has 3 atom stereocenters. The van der Waals surface area contributed by atoms with E-state index in [2.05, 4.69) is 34.6 Å². The van der Waals surface area contributed by atoms with Gasteiger partial charge in [-0.2, -0.15) is 0 Å². The van der Waals surface area contributed by atoms with E-state index in [0.29, 0.717) is 5.41 Å². The maximum atomic E-state index is 5.89. The summed E-state index contributed by atoms with van der Waals surface area (Å²) in [5.41, 5.74) is 0.654. The van der Waals surface area contributed by atoms with Gasteiger partial charge >= 0.3 is 0 Å². The van der Waals surface area contributed by atoms with Crippen molar-refractivity contribution < 1.29 is 4.74 Å². The molecule has 2 aliphatic rings. The zero-order valence-electron chi connectivity index (χ0n) is 11.0. The van der Waals surface area contributed by atoms with Crippen LogP contribution < -0.4 is 0 Å². The average Bonchev–Trinajstić information content (AvgIpc) is 2.56. The van der Waals surface area contributed by atoms with Crippen molar-refractivity contribution >= 4 is 0 Å². The van der Waals surface area contributed by atoms with Gasteiger partial charge in [-0.1, -0.05) is 20.8 Å². The van der Waals surface area contributed by atoms with Gasteiger partial charge in [0.2, 0.25) is 0 Å². The van der Waals surface area contributed by atoms with Gasteiger partial charge in [-0.3, -0.25) is 0 Å². The van der Waals surface area contributed by atoms with E-state index < -0.39 is 0 Å². The largest absolute Gasteiger partial charge is 0.375 e. The van der Waals surface area contributed by atoms with Crippen LogP contribution in [0.4, 0.5) is 0 Å². The van der Waals surface area contributed by atoms with Crippen LogP contribution in [0.3, 0.4) is 0 Å². The fraction of sp³-hybridized carbons (Fsp3) is 1.00. The van der Waals surface area contributed by atoms with E-state index in [4.69, 9.17) is 4.74 Å². The summed E-state index contributed by atoms with van der Waals surface area (Å²) in [7, 11) is 0. The second-order valence-corrected chi connectivity index (χ2v) is 6.94. The Kier molecular flexibility index (Phi) is 2.65. The third kappa shape index (κ3) is 1.95. The van der Waals surface area contributed by atoms with Gasteiger partial charge in [0.05, 0.1) is 12.2 Å². The summed E-state index contributed by atoms with van der Waals surface area (Å²) in [6, 6.07) is 0. The summed E-state index contributed by atoms with van der Waals surface area (Å²) >= 11 is 0. The molecule has 0 amide bonds. The second-order valence-electron chi connectivity index (χ2n) is 6.94. The van der Waals surface area contributed by atoms with Crippen molar-refractivity contribution in [1.82, 2.24) is 0 Å². The Labute approximate surface area is 94.6 Å². The topological polar surface area (TPSA) is 9.23 Å². The molecule has 88 valence electrons. The van der Waals surface area contributed by atoms with E-state index in [1.165, 1.54) is 19.3 Å². The lowest BCUT2D eigenvalue weighted by Crippen LogP contribution is -2.30. The highest BCUT2D eigenvalue weighted by Crippen LogP contribution is 2.53. The first-order chi connectivity index (χ1) is 6.83. The quantitative estimate of drug-likeness (QED) is 0.638.